The first-order valence-electron chi connectivity index (χ1n) is 3.98. The maximum absolute atomic E-state index is 12.9. The van der Waals surface area contributed by atoms with Crippen molar-refractivity contribution < 1.29 is 45.1 Å². The van der Waals surface area contributed by atoms with Gasteiger partial charge in [0, 0.05) is 0 Å². The van der Waals surface area contributed by atoms with Gasteiger partial charge in [-0.3, -0.25) is 9.59 Å². The molecule has 1 heterocycles. The lowest BCUT2D eigenvalue weighted by Gasteiger charge is -2.30. The van der Waals surface area contributed by atoms with Gasteiger partial charge in [0.05, 0.1) is 6.42 Å². The summed E-state index contributed by atoms with van der Waals surface area (Å²) in [5.74, 6) is -19.0. The van der Waals surface area contributed by atoms with E-state index in [1.807, 2.05) is 0 Å². The number of carbonyl (C=O) groups is 2. The maximum atomic E-state index is 12.9. The number of hydrogen-bond acceptors (Lipinski definition) is 3. The van der Waals surface area contributed by atoms with Gasteiger partial charge in [0.25, 0.3) is 0 Å². The zero-order chi connectivity index (χ0) is 13.6. The third-order valence-corrected chi connectivity index (χ3v) is 2.08. The molecule has 17 heavy (non-hydrogen) atoms. The van der Waals surface area contributed by atoms with Crippen LogP contribution in [0.4, 0.5) is 30.7 Å². The van der Waals surface area contributed by atoms with Crippen molar-refractivity contribution in [3.05, 3.63) is 0 Å². The zero-order valence-corrected chi connectivity index (χ0v) is 7.65. The van der Waals surface area contributed by atoms with Crippen molar-refractivity contribution in [3.63, 3.8) is 0 Å². The molecule has 0 amide bonds. The summed E-state index contributed by atoms with van der Waals surface area (Å²) < 4.78 is 89.5. The summed E-state index contributed by atoms with van der Waals surface area (Å²) in [5, 5.41) is 0. The van der Waals surface area contributed by atoms with Crippen molar-refractivity contribution >= 4 is 11.9 Å². The molecule has 1 atom stereocenters. The minimum absolute atomic E-state index is 1.52. The Labute approximate surface area is 88.5 Å². The highest BCUT2D eigenvalue weighted by Gasteiger charge is 2.77. The van der Waals surface area contributed by atoms with Gasteiger partial charge in [0.1, 0.15) is 5.92 Å². The highest BCUT2D eigenvalue weighted by Crippen LogP contribution is 2.51. The standard InChI is InChI=1S/C7H3F7O3/c8-5(9,6(10,11)7(12,13)14)2-1-3(15)17-4(2)16/h2H,1H2. The number of ether oxygens (including phenoxy) is 1. The third-order valence-electron chi connectivity index (χ3n) is 2.08. The number of rotatable bonds is 2. The molecular formula is C7H3F7O3. The van der Waals surface area contributed by atoms with E-state index >= 15 is 0 Å². The Bertz CT molecular complexity index is 359. The number of hydrogen-bond donors (Lipinski definition) is 0. The summed E-state index contributed by atoms with van der Waals surface area (Å²) in [6.45, 7) is 0. The molecule has 1 fully saturated rings. The predicted octanol–water partition coefficient (Wildman–Crippen LogP) is 1.91. The smallest absolute Gasteiger partial charge is 0.393 e. The van der Waals surface area contributed by atoms with Crippen molar-refractivity contribution in [2.45, 2.75) is 24.4 Å². The van der Waals surface area contributed by atoms with Gasteiger partial charge in [0.2, 0.25) is 0 Å². The highest BCUT2D eigenvalue weighted by atomic mass is 19.4. The first kappa shape index (κ1) is 13.7. The molecule has 0 radical (unpaired) electrons. The number of alkyl halides is 7. The number of cyclic esters (lactones) is 2. The van der Waals surface area contributed by atoms with Crippen molar-refractivity contribution in [2.75, 3.05) is 0 Å². The maximum Gasteiger partial charge on any atom is 0.459 e. The molecule has 0 saturated carbocycles. The van der Waals surface area contributed by atoms with Crippen LogP contribution in [-0.4, -0.2) is 30.0 Å². The lowest BCUT2D eigenvalue weighted by atomic mass is 9.94. The summed E-state index contributed by atoms with van der Waals surface area (Å²) in [4.78, 5) is 21.0. The average Bonchev–Trinajstić information content (AvgIpc) is 2.43. The Balaban J connectivity index is 3.11. The Morgan fingerprint density at radius 2 is 1.47 bits per heavy atom. The van der Waals surface area contributed by atoms with Crippen molar-refractivity contribution in [3.8, 4) is 0 Å². The molecule has 0 N–H and O–H groups in total. The van der Waals surface area contributed by atoms with Crippen molar-refractivity contribution in [1.29, 1.82) is 0 Å². The summed E-state index contributed by atoms with van der Waals surface area (Å²) >= 11 is 0. The molecule has 10 heteroatoms. The molecule has 1 rings (SSSR count). The van der Waals surface area contributed by atoms with E-state index in [-0.39, 0.29) is 0 Å². The first-order chi connectivity index (χ1) is 7.41. The van der Waals surface area contributed by atoms with Gasteiger partial charge >= 0.3 is 30.0 Å². The van der Waals surface area contributed by atoms with Crippen LogP contribution in [0.1, 0.15) is 6.42 Å². The minimum Gasteiger partial charge on any atom is -0.393 e. The van der Waals surface area contributed by atoms with Gasteiger partial charge in [0.15, 0.2) is 0 Å². The Morgan fingerprint density at radius 3 is 1.76 bits per heavy atom. The van der Waals surface area contributed by atoms with E-state index in [0.29, 0.717) is 0 Å². The lowest BCUT2D eigenvalue weighted by molar-refractivity contribution is -0.362. The van der Waals surface area contributed by atoms with Crippen LogP contribution in [0.2, 0.25) is 0 Å². The van der Waals surface area contributed by atoms with Crippen molar-refractivity contribution in [1.82, 2.24) is 0 Å². The normalized spacial score (nSPS) is 22.9. The fourth-order valence-corrected chi connectivity index (χ4v) is 1.16. The summed E-state index contributed by atoms with van der Waals surface area (Å²) in [6.07, 6.45) is -8.06. The van der Waals surface area contributed by atoms with Gasteiger partial charge in [-0.1, -0.05) is 0 Å². The van der Waals surface area contributed by atoms with Crippen LogP contribution >= 0.6 is 0 Å². The first-order valence-corrected chi connectivity index (χ1v) is 3.98. The summed E-state index contributed by atoms with van der Waals surface area (Å²) in [5.41, 5.74) is 0. The lowest BCUT2D eigenvalue weighted by Crippen LogP contribution is -2.56. The summed E-state index contributed by atoms with van der Waals surface area (Å²) in [6, 6.07) is 0. The minimum atomic E-state index is -6.54. The van der Waals surface area contributed by atoms with E-state index in [9.17, 15) is 40.3 Å². The molecule has 1 aliphatic heterocycles. The topological polar surface area (TPSA) is 43.4 Å². The van der Waals surface area contributed by atoms with Crippen molar-refractivity contribution in [2.24, 2.45) is 5.92 Å². The molecule has 1 unspecified atom stereocenters. The molecule has 1 saturated heterocycles. The molecule has 1 aliphatic rings. The van der Waals surface area contributed by atoms with Crippen LogP contribution in [0.15, 0.2) is 0 Å². The van der Waals surface area contributed by atoms with E-state index in [2.05, 4.69) is 4.74 Å². The SMILES string of the molecule is O=C1CC(C(F)(F)C(F)(F)C(F)(F)F)C(=O)O1. The quantitative estimate of drug-likeness (QED) is 0.436. The molecule has 3 nitrogen and oxygen atoms in total. The van der Waals surface area contributed by atoms with Crippen LogP contribution < -0.4 is 0 Å². The highest BCUT2D eigenvalue weighted by molar-refractivity contribution is 5.95. The van der Waals surface area contributed by atoms with Gasteiger partial charge < -0.3 is 4.74 Å². The average molecular weight is 268 g/mol. The number of halogens is 7. The second kappa shape index (κ2) is 3.57. The van der Waals surface area contributed by atoms with Crippen LogP contribution in [0.3, 0.4) is 0 Å². The Hall–Kier alpha value is -1.35. The van der Waals surface area contributed by atoms with Crippen LogP contribution in [0, 0.1) is 5.92 Å². The monoisotopic (exact) mass is 268 g/mol. The van der Waals surface area contributed by atoms with E-state index < -0.39 is 42.3 Å². The predicted molar refractivity (Wildman–Crippen MR) is 35.2 cm³/mol. The molecule has 0 aromatic heterocycles. The Kier molecular flexibility index (Phi) is 2.88. The van der Waals surface area contributed by atoms with Crippen LogP contribution in [0.5, 0.6) is 0 Å². The molecule has 0 aliphatic carbocycles. The fourth-order valence-electron chi connectivity index (χ4n) is 1.16. The van der Waals surface area contributed by atoms with E-state index in [1.54, 1.807) is 0 Å². The largest absolute Gasteiger partial charge is 0.459 e. The molecule has 0 spiro atoms. The van der Waals surface area contributed by atoms with E-state index in [4.69, 9.17) is 0 Å². The van der Waals surface area contributed by atoms with E-state index in [0.717, 1.165) is 0 Å². The third kappa shape index (κ3) is 1.95. The molecular weight excluding hydrogens is 265 g/mol. The summed E-state index contributed by atoms with van der Waals surface area (Å²) in [7, 11) is 0. The second-order valence-corrected chi connectivity index (χ2v) is 3.24. The van der Waals surface area contributed by atoms with Crippen LogP contribution in [0.25, 0.3) is 0 Å². The molecule has 0 bridgehead atoms. The second-order valence-electron chi connectivity index (χ2n) is 3.24. The number of esters is 2. The van der Waals surface area contributed by atoms with Gasteiger partial charge in [-0.15, -0.1) is 0 Å². The fraction of sp³-hybridized carbons (Fsp3) is 0.714. The van der Waals surface area contributed by atoms with Crippen LogP contribution in [-0.2, 0) is 14.3 Å². The molecule has 0 aromatic carbocycles. The van der Waals surface area contributed by atoms with Gasteiger partial charge in [-0.05, 0) is 0 Å². The number of carbonyl (C=O) groups excluding carboxylic acids is 2. The zero-order valence-electron chi connectivity index (χ0n) is 7.65. The molecule has 98 valence electrons. The van der Waals surface area contributed by atoms with Gasteiger partial charge in [-0.2, -0.15) is 30.7 Å². The Morgan fingerprint density at radius 1 is 1.00 bits per heavy atom. The van der Waals surface area contributed by atoms with Gasteiger partial charge in [-0.25, -0.2) is 0 Å². The van der Waals surface area contributed by atoms with E-state index in [1.165, 1.54) is 0 Å². The molecule has 0 aromatic rings.